The SMILES string of the molecule is CN(C[C@H](N)c1cccc(Cl)c1)S(=O)(=O)c1cc(F)cc(F)c1. The maximum Gasteiger partial charge on any atom is 0.243 e. The van der Waals surface area contributed by atoms with E-state index in [1.807, 2.05) is 0 Å². The molecule has 23 heavy (non-hydrogen) atoms. The van der Waals surface area contributed by atoms with Crippen molar-refractivity contribution in [1.29, 1.82) is 0 Å². The molecule has 4 nitrogen and oxygen atoms in total. The zero-order chi connectivity index (χ0) is 17.2. The van der Waals surface area contributed by atoms with Crippen LogP contribution in [-0.2, 0) is 10.0 Å². The van der Waals surface area contributed by atoms with E-state index in [1.54, 1.807) is 24.3 Å². The van der Waals surface area contributed by atoms with E-state index in [-0.39, 0.29) is 6.54 Å². The van der Waals surface area contributed by atoms with E-state index in [1.165, 1.54) is 7.05 Å². The Hall–Kier alpha value is -1.54. The topological polar surface area (TPSA) is 63.4 Å². The molecule has 0 amide bonds. The number of benzene rings is 2. The summed E-state index contributed by atoms with van der Waals surface area (Å²) in [6.45, 7) is -0.0686. The number of nitrogens with two attached hydrogens (primary N) is 1. The fourth-order valence-corrected chi connectivity index (χ4v) is 3.51. The number of likely N-dealkylation sites (N-methyl/N-ethyl adjacent to an activating group) is 1. The van der Waals surface area contributed by atoms with Crippen LogP contribution >= 0.6 is 11.6 Å². The highest BCUT2D eigenvalue weighted by atomic mass is 35.5. The average Bonchev–Trinajstić information content (AvgIpc) is 2.46. The maximum absolute atomic E-state index is 13.2. The number of hydrogen-bond acceptors (Lipinski definition) is 3. The van der Waals surface area contributed by atoms with Gasteiger partial charge in [-0.3, -0.25) is 0 Å². The van der Waals surface area contributed by atoms with E-state index in [2.05, 4.69) is 0 Å². The van der Waals surface area contributed by atoms with Crippen LogP contribution in [0.1, 0.15) is 11.6 Å². The van der Waals surface area contributed by atoms with Gasteiger partial charge in [-0.05, 0) is 29.8 Å². The zero-order valence-electron chi connectivity index (χ0n) is 12.2. The minimum Gasteiger partial charge on any atom is -0.323 e. The van der Waals surface area contributed by atoms with E-state index in [4.69, 9.17) is 17.3 Å². The molecule has 0 bridgehead atoms. The number of sulfonamides is 1. The Morgan fingerprint density at radius 3 is 2.35 bits per heavy atom. The van der Waals surface area contributed by atoms with E-state index < -0.39 is 32.6 Å². The molecule has 0 unspecified atom stereocenters. The lowest BCUT2D eigenvalue weighted by Gasteiger charge is -2.21. The number of rotatable bonds is 5. The van der Waals surface area contributed by atoms with Crippen LogP contribution in [0.15, 0.2) is 47.4 Å². The summed E-state index contributed by atoms with van der Waals surface area (Å²) < 4.78 is 52.2. The summed E-state index contributed by atoms with van der Waals surface area (Å²) in [5.74, 6) is -1.92. The normalized spacial score (nSPS) is 13.3. The highest BCUT2D eigenvalue weighted by Gasteiger charge is 2.24. The quantitative estimate of drug-likeness (QED) is 0.891. The number of nitrogens with zero attached hydrogens (tertiary/aromatic N) is 1. The summed E-state index contributed by atoms with van der Waals surface area (Å²) in [6, 6.07) is 8.23. The first-order valence-corrected chi connectivity index (χ1v) is 8.45. The van der Waals surface area contributed by atoms with Gasteiger partial charge in [-0.25, -0.2) is 17.2 Å². The van der Waals surface area contributed by atoms with Gasteiger partial charge in [0.1, 0.15) is 11.6 Å². The van der Waals surface area contributed by atoms with Crippen LogP contribution in [-0.4, -0.2) is 26.3 Å². The molecule has 0 aliphatic rings. The summed E-state index contributed by atoms with van der Waals surface area (Å²) >= 11 is 5.88. The second-order valence-electron chi connectivity index (χ2n) is 5.05. The van der Waals surface area contributed by atoms with E-state index in [0.717, 1.165) is 16.4 Å². The first kappa shape index (κ1) is 17.8. The van der Waals surface area contributed by atoms with E-state index in [9.17, 15) is 17.2 Å². The van der Waals surface area contributed by atoms with Crippen molar-refractivity contribution in [2.75, 3.05) is 13.6 Å². The lowest BCUT2D eigenvalue weighted by atomic mass is 10.1. The molecule has 0 saturated heterocycles. The fraction of sp³-hybridized carbons (Fsp3) is 0.200. The van der Waals surface area contributed by atoms with Crippen molar-refractivity contribution >= 4 is 21.6 Å². The van der Waals surface area contributed by atoms with Crippen molar-refractivity contribution in [2.45, 2.75) is 10.9 Å². The Kier molecular flexibility index (Phi) is 5.36. The van der Waals surface area contributed by atoms with Crippen LogP contribution < -0.4 is 5.73 Å². The smallest absolute Gasteiger partial charge is 0.243 e. The monoisotopic (exact) mass is 360 g/mol. The van der Waals surface area contributed by atoms with Crippen molar-refractivity contribution < 1.29 is 17.2 Å². The van der Waals surface area contributed by atoms with Gasteiger partial charge >= 0.3 is 0 Å². The highest BCUT2D eigenvalue weighted by molar-refractivity contribution is 7.89. The molecule has 0 radical (unpaired) electrons. The van der Waals surface area contributed by atoms with Crippen molar-refractivity contribution in [2.24, 2.45) is 5.73 Å². The summed E-state index contributed by atoms with van der Waals surface area (Å²) in [4.78, 5) is -0.462. The maximum atomic E-state index is 13.2. The average molecular weight is 361 g/mol. The highest BCUT2D eigenvalue weighted by Crippen LogP contribution is 2.21. The molecule has 0 heterocycles. The van der Waals surface area contributed by atoms with Gasteiger partial charge in [0.2, 0.25) is 10.0 Å². The third-order valence-electron chi connectivity index (χ3n) is 3.27. The van der Waals surface area contributed by atoms with Gasteiger partial charge in [0.15, 0.2) is 0 Å². The third kappa shape index (κ3) is 4.26. The van der Waals surface area contributed by atoms with Crippen molar-refractivity contribution in [3.63, 3.8) is 0 Å². The van der Waals surface area contributed by atoms with Gasteiger partial charge < -0.3 is 5.73 Å². The summed E-state index contributed by atoms with van der Waals surface area (Å²) in [7, 11) is -2.76. The first-order chi connectivity index (χ1) is 10.7. The van der Waals surface area contributed by atoms with Gasteiger partial charge in [-0.15, -0.1) is 0 Å². The molecular weight excluding hydrogens is 346 g/mol. The van der Waals surface area contributed by atoms with Crippen LogP contribution in [0.2, 0.25) is 5.02 Å². The second-order valence-corrected chi connectivity index (χ2v) is 7.53. The minimum absolute atomic E-state index is 0.0686. The molecule has 2 N–H and O–H groups in total. The molecule has 2 aromatic rings. The van der Waals surface area contributed by atoms with Crippen LogP contribution in [0.5, 0.6) is 0 Å². The molecule has 0 saturated carbocycles. The molecule has 2 aromatic carbocycles. The molecular formula is C15H15ClF2N2O2S. The molecule has 124 valence electrons. The minimum atomic E-state index is -4.06. The van der Waals surface area contributed by atoms with Gasteiger partial charge in [0.25, 0.3) is 0 Å². The third-order valence-corrected chi connectivity index (χ3v) is 5.31. The number of hydrogen-bond donors (Lipinski definition) is 1. The zero-order valence-corrected chi connectivity index (χ0v) is 13.8. The molecule has 0 fully saturated rings. The lowest BCUT2D eigenvalue weighted by Crippen LogP contribution is -2.34. The van der Waals surface area contributed by atoms with Gasteiger partial charge in [0.05, 0.1) is 4.90 Å². The number of halogens is 3. The largest absolute Gasteiger partial charge is 0.323 e. The Morgan fingerprint density at radius 2 is 1.78 bits per heavy atom. The van der Waals surface area contributed by atoms with Crippen molar-refractivity contribution in [3.05, 3.63) is 64.7 Å². The van der Waals surface area contributed by atoms with E-state index >= 15 is 0 Å². The molecule has 8 heteroatoms. The second kappa shape index (κ2) is 6.92. The van der Waals surface area contributed by atoms with Gasteiger partial charge in [-0.2, -0.15) is 4.31 Å². The van der Waals surface area contributed by atoms with Gasteiger partial charge in [-0.1, -0.05) is 23.7 Å². The van der Waals surface area contributed by atoms with E-state index in [0.29, 0.717) is 16.7 Å². The molecule has 0 aliphatic heterocycles. The molecule has 0 aliphatic carbocycles. The lowest BCUT2D eigenvalue weighted by molar-refractivity contribution is 0.438. The molecule has 0 aromatic heterocycles. The fourth-order valence-electron chi connectivity index (χ4n) is 2.08. The first-order valence-electron chi connectivity index (χ1n) is 6.63. The van der Waals surface area contributed by atoms with Crippen molar-refractivity contribution in [1.82, 2.24) is 4.31 Å². The van der Waals surface area contributed by atoms with Crippen molar-refractivity contribution in [3.8, 4) is 0 Å². The van der Waals surface area contributed by atoms with Gasteiger partial charge in [0, 0.05) is 30.7 Å². The molecule has 1 atom stereocenters. The van der Waals surface area contributed by atoms with Crippen LogP contribution in [0.4, 0.5) is 8.78 Å². The predicted octanol–water partition coefficient (Wildman–Crippen LogP) is 2.94. The van der Waals surface area contributed by atoms with Crippen LogP contribution in [0.25, 0.3) is 0 Å². The predicted molar refractivity (Wildman–Crippen MR) is 84.6 cm³/mol. The summed E-state index contributed by atoms with van der Waals surface area (Å²) in [6.07, 6.45) is 0. The Balaban J connectivity index is 2.23. The summed E-state index contributed by atoms with van der Waals surface area (Å²) in [5.41, 5.74) is 6.64. The molecule has 0 spiro atoms. The molecule has 2 rings (SSSR count). The Morgan fingerprint density at radius 1 is 1.17 bits per heavy atom. The standard InChI is InChI=1S/C15H15ClF2N2O2S/c1-20(9-15(19)10-3-2-4-11(16)5-10)23(21,22)14-7-12(17)6-13(18)8-14/h2-8,15H,9,19H2,1H3/t15-/m0/s1. The summed E-state index contributed by atoms with van der Waals surface area (Å²) in [5, 5.41) is 0.482. The Bertz CT molecular complexity index is 795. The Labute approximate surface area is 138 Å². The van der Waals surface area contributed by atoms with Crippen LogP contribution in [0, 0.1) is 11.6 Å². The van der Waals surface area contributed by atoms with Crippen LogP contribution in [0.3, 0.4) is 0 Å².